The monoisotopic (exact) mass is 390 g/mol. The Morgan fingerprint density at radius 3 is 1.25 bits per heavy atom. The highest BCUT2D eigenvalue weighted by atomic mass is 17.2. The summed E-state index contributed by atoms with van der Waals surface area (Å²) in [6, 6.07) is 13.2. The molecule has 0 N–H and O–H groups in total. The minimum absolute atomic E-state index is 0.154. The molecule has 0 unspecified atom stereocenters. The van der Waals surface area contributed by atoms with Crippen LogP contribution in [0.5, 0.6) is 23.0 Å². The van der Waals surface area contributed by atoms with E-state index in [2.05, 4.69) is 0 Å². The van der Waals surface area contributed by atoms with Crippen molar-refractivity contribution >= 4 is 6.16 Å². The van der Waals surface area contributed by atoms with Gasteiger partial charge >= 0.3 is 6.16 Å². The molecule has 0 bridgehead atoms. The van der Waals surface area contributed by atoms with E-state index in [0.29, 0.717) is 0 Å². The normalized spacial score (nSPS) is 11.6. The predicted molar refractivity (Wildman–Crippen MR) is 102 cm³/mol. The van der Waals surface area contributed by atoms with E-state index in [1.165, 1.54) is 0 Å². The molecule has 0 heterocycles. The van der Waals surface area contributed by atoms with Crippen molar-refractivity contribution in [1.82, 2.24) is 0 Å². The molecule has 0 spiro atoms. The maximum absolute atomic E-state index is 12.3. The lowest BCUT2D eigenvalue weighted by atomic mass is 10.2. The summed E-state index contributed by atoms with van der Waals surface area (Å²) in [7, 11) is 0. The lowest BCUT2D eigenvalue weighted by Gasteiger charge is -2.19. The van der Waals surface area contributed by atoms with Crippen LogP contribution in [0.1, 0.15) is 41.5 Å². The second-order valence-electron chi connectivity index (χ2n) is 7.91. The van der Waals surface area contributed by atoms with Gasteiger partial charge in [0.2, 0.25) is 11.5 Å². The zero-order chi connectivity index (χ0) is 20.8. The summed E-state index contributed by atoms with van der Waals surface area (Å²) in [6.45, 7) is 11.0. The average Bonchev–Trinajstić information content (AvgIpc) is 2.59. The van der Waals surface area contributed by atoms with Crippen LogP contribution in [-0.4, -0.2) is 17.4 Å². The van der Waals surface area contributed by atoms with Gasteiger partial charge in [0, 0.05) is 0 Å². The Kier molecular flexibility index (Phi) is 6.88. The maximum atomic E-state index is 12.3. The molecule has 28 heavy (non-hydrogen) atoms. The average molecular weight is 390 g/mol. The zero-order valence-corrected chi connectivity index (χ0v) is 17.0. The molecule has 0 aliphatic heterocycles. The largest absolute Gasteiger partial charge is 0.519 e. The van der Waals surface area contributed by atoms with E-state index >= 15 is 0 Å². The fourth-order valence-electron chi connectivity index (χ4n) is 1.75. The van der Waals surface area contributed by atoms with E-state index in [1.54, 1.807) is 48.5 Å². The first kappa shape index (κ1) is 21.5. The van der Waals surface area contributed by atoms with Gasteiger partial charge in [-0.15, -0.1) is 0 Å². The molecule has 152 valence electrons. The predicted octanol–water partition coefficient (Wildman–Crippen LogP) is 5.48. The zero-order valence-electron chi connectivity index (χ0n) is 17.0. The van der Waals surface area contributed by atoms with E-state index < -0.39 is 17.4 Å². The number of para-hydroxylation sites is 4. The number of rotatable bonds is 6. The Morgan fingerprint density at radius 2 is 0.929 bits per heavy atom. The van der Waals surface area contributed by atoms with Gasteiger partial charge in [-0.3, -0.25) is 0 Å². The topological polar surface area (TPSA) is 72.5 Å². The van der Waals surface area contributed by atoms with Crippen molar-refractivity contribution in [3.8, 4) is 23.0 Å². The van der Waals surface area contributed by atoms with Crippen molar-refractivity contribution in [3.05, 3.63) is 48.5 Å². The van der Waals surface area contributed by atoms with Gasteiger partial charge in [-0.1, -0.05) is 24.3 Å². The highest BCUT2D eigenvalue weighted by Crippen LogP contribution is 2.31. The maximum Gasteiger partial charge on any atom is 0.519 e. The van der Waals surface area contributed by atoms with Gasteiger partial charge in [-0.05, 0) is 65.8 Å². The first-order valence-electron chi connectivity index (χ1n) is 8.83. The Bertz CT molecular complexity index is 722. The molecule has 2 aromatic carbocycles. The summed E-state index contributed by atoms with van der Waals surface area (Å²) in [5, 5.41) is 0. The van der Waals surface area contributed by atoms with Gasteiger partial charge in [-0.25, -0.2) is 4.79 Å². The third-order valence-electron chi connectivity index (χ3n) is 2.85. The number of carbonyl (C=O) groups is 1. The molecule has 0 aliphatic rings. The SMILES string of the molecule is CC(C)(C)OOc1ccccc1OC(=O)Oc1ccccc1OOC(C)(C)C. The van der Waals surface area contributed by atoms with E-state index in [4.69, 9.17) is 29.0 Å². The summed E-state index contributed by atoms with van der Waals surface area (Å²) < 4.78 is 10.5. The van der Waals surface area contributed by atoms with E-state index in [1.807, 2.05) is 41.5 Å². The Balaban J connectivity index is 2.05. The molecule has 0 fully saturated rings. The second kappa shape index (κ2) is 8.95. The Labute approximate surface area is 164 Å². The molecule has 0 saturated heterocycles. The smallest absolute Gasteiger partial charge is 0.391 e. The highest BCUT2D eigenvalue weighted by molar-refractivity contribution is 5.69. The molecular weight excluding hydrogens is 364 g/mol. The van der Waals surface area contributed by atoms with Crippen molar-refractivity contribution < 1.29 is 33.8 Å². The van der Waals surface area contributed by atoms with Crippen LogP contribution in [0.15, 0.2) is 48.5 Å². The minimum Gasteiger partial charge on any atom is -0.391 e. The second-order valence-corrected chi connectivity index (χ2v) is 7.91. The molecule has 0 aliphatic carbocycles. The first-order chi connectivity index (χ1) is 13.0. The van der Waals surface area contributed by atoms with Gasteiger partial charge in [0.1, 0.15) is 11.2 Å². The molecule has 0 aromatic heterocycles. The minimum atomic E-state index is -0.960. The number of benzene rings is 2. The van der Waals surface area contributed by atoms with Gasteiger partial charge in [-0.2, -0.15) is 9.78 Å². The first-order valence-corrected chi connectivity index (χ1v) is 8.83. The lowest BCUT2D eigenvalue weighted by Crippen LogP contribution is -2.22. The Morgan fingerprint density at radius 1 is 0.607 bits per heavy atom. The third-order valence-corrected chi connectivity index (χ3v) is 2.85. The van der Waals surface area contributed by atoms with Crippen LogP contribution in [0.25, 0.3) is 0 Å². The van der Waals surface area contributed by atoms with Crippen LogP contribution in [0.3, 0.4) is 0 Å². The molecule has 7 nitrogen and oxygen atoms in total. The van der Waals surface area contributed by atoms with Crippen molar-refractivity contribution in [3.63, 3.8) is 0 Å². The van der Waals surface area contributed by atoms with E-state index in [-0.39, 0.29) is 23.0 Å². The number of hydrogen-bond acceptors (Lipinski definition) is 7. The van der Waals surface area contributed by atoms with Crippen LogP contribution in [-0.2, 0) is 9.78 Å². The number of carbonyl (C=O) groups excluding carboxylic acids is 1. The number of hydrogen-bond donors (Lipinski definition) is 0. The third kappa shape index (κ3) is 7.46. The van der Waals surface area contributed by atoms with Crippen LogP contribution in [0.2, 0.25) is 0 Å². The Hall–Kier alpha value is -2.77. The molecule has 2 rings (SSSR count). The van der Waals surface area contributed by atoms with Crippen LogP contribution in [0.4, 0.5) is 4.79 Å². The molecule has 0 radical (unpaired) electrons. The van der Waals surface area contributed by atoms with Crippen molar-refractivity contribution in [2.75, 3.05) is 0 Å². The molecule has 0 saturated carbocycles. The molecule has 2 aromatic rings. The lowest BCUT2D eigenvalue weighted by molar-refractivity contribution is -0.275. The van der Waals surface area contributed by atoms with Gasteiger partial charge in [0.25, 0.3) is 0 Å². The molecular formula is C21H26O7. The fraction of sp³-hybridized carbons (Fsp3) is 0.381. The van der Waals surface area contributed by atoms with Crippen molar-refractivity contribution in [2.45, 2.75) is 52.7 Å². The summed E-state index contributed by atoms with van der Waals surface area (Å²) in [6.07, 6.45) is -0.960. The summed E-state index contributed by atoms with van der Waals surface area (Å²) >= 11 is 0. The summed E-state index contributed by atoms with van der Waals surface area (Å²) in [4.78, 5) is 33.3. The molecule has 7 heteroatoms. The molecule has 0 amide bonds. The van der Waals surface area contributed by atoms with Crippen LogP contribution >= 0.6 is 0 Å². The van der Waals surface area contributed by atoms with E-state index in [9.17, 15) is 4.79 Å². The summed E-state index contributed by atoms with van der Waals surface area (Å²) in [5.74, 6) is 0.798. The summed E-state index contributed by atoms with van der Waals surface area (Å²) in [5.41, 5.74) is -1.06. The van der Waals surface area contributed by atoms with Crippen LogP contribution in [0, 0.1) is 0 Å². The standard InChI is InChI=1S/C21H26O7/c1-20(2,3)27-25-17-13-9-7-11-15(17)23-19(22)24-16-12-8-10-14-18(16)26-28-21(4,5)6/h7-14H,1-6H3. The van der Waals surface area contributed by atoms with Crippen molar-refractivity contribution in [2.24, 2.45) is 0 Å². The van der Waals surface area contributed by atoms with Crippen molar-refractivity contribution in [1.29, 1.82) is 0 Å². The van der Waals surface area contributed by atoms with Crippen LogP contribution < -0.4 is 19.2 Å². The molecule has 0 atom stereocenters. The van der Waals surface area contributed by atoms with Gasteiger partial charge in [0.05, 0.1) is 0 Å². The quantitative estimate of drug-likeness (QED) is 0.280. The highest BCUT2D eigenvalue weighted by Gasteiger charge is 2.19. The fourth-order valence-corrected chi connectivity index (χ4v) is 1.75. The number of ether oxygens (including phenoxy) is 2. The van der Waals surface area contributed by atoms with E-state index in [0.717, 1.165) is 0 Å². The van der Waals surface area contributed by atoms with Gasteiger partial charge in [0.15, 0.2) is 11.5 Å². The van der Waals surface area contributed by atoms with Gasteiger partial charge < -0.3 is 19.2 Å².